The molecular weight excluding hydrogens is 561 g/mol. The van der Waals surface area contributed by atoms with Gasteiger partial charge in [0.15, 0.2) is 0 Å². The van der Waals surface area contributed by atoms with Gasteiger partial charge in [0, 0.05) is 23.4 Å². The number of ether oxygens (including phenoxy) is 2. The van der Waals surface area contributed by atoms with Gasteiger partial charge in [0.1, 0.15) is 9.81 Å². The standard InChI is InChI=1S/C23H18N2O4S6/c1-11-4-6-24-13(8-11)14-9-12(5-7-25-14)15-10-30-20-21(31-15)35-23(34-20)22-32-16(18(26)28-2)17(33-22)19(27)29-3/h4-9,15H,10H2,1-3H3. The number of hydrogen-bond donors (Lipinski definition) is 0. The van der Waals surface area contributed by atoms with E-state index in [0.29, 0.717) is 5.25 Å². The van der Waals surface area contributed by atoms with Crippen molar-refractivity contribution >= 4 is 82.5 Å². The van der Waals surface area contributed by atoms with Crippen LogP contribution >= 0.6 is 70.6 Å². The zero-order chi connectivity index (χ0) is 24.5. The minimum Gasteiger partial charge on any atom is -0.465 e. The van der Waals surface area contributed by atoms with Gasteiger partial charge in [0.05, 0.1) is 42.6 Å². The molecule has 180 valence electrons. The summed E-state index contributed by atoms with van der Waals surface area (Å²) in [5.74, 6) is -0.0988. The number of carbonyl (C=O) groups excluding carboxylic acids is 2. The fourth-order valence-corrected chi connectivity index (χ4v) is 12.4. The number of esters is 2. The molecule has 0 spiro atoms. The number of nitrogens with zero attached hydrogens (tertiary/aromatic N) is 2. The van der Waals surface area contributed by atoms with Gasteiger partial charge in [-0.2, -0.15) is 0 Å². The van der Waals surface area contributed by atoms with Crippen molar-refractivity contribution in [1.29, 1.82) is 0 Å². The molecule has 6 nitrogen and oxygen atoms in total. The third kappa shape index (κ3) is 5.33. The SMILES string of the molecule is COC(=O)C1=C(C(=O)OC)SC(=C2SC3=C(S2)SC(c2ccnc(-c4cc(C)ccn4)c2)CS3)S1. The molecule has 5 heterocycles. The predicted molar refractivity (Wildman–Crippen MR) is 150 cm³/mol. The summed E-state index contributed by atoms with van der Waals surface area (Å²) in [6.45, 7) is 2.05. The Labute approximate surface area is 228 Å². The Morgan fingerprint density at radius 2 is 1.43 bits per heavy atom. The van der Waals surface area contributed by atoms with Crippen LogP contribution in [0.1, 0.15) is 16.4 Å². The molecule has 35 heavy (non-hydrogen) atoms. The molecule has 0 amide bonds. The zero-order valence-electron chi connectivity index (χ0n) is 18.7. The molecule has 0 aliphatic carbocycles. The molecule has 0 N–H and O–H groups in total. The Bertz CT molecular complexity index is 1290. The highest BCUT2D eigenvalue weighted by Crippen LogP contribution is 2.67. The zero-order valence-corrected chi connectivity index (χ0v) is 23.6. The first-order chi connectivity index (χ1) is 17.0. The number of aryl methyl sites for hydroxylation is 1. The van der Waals surface area contributed by atoms with Crippen LogP contribution in [0.15, 0.2) is 63.4 Å². The minimum atomic E-state index is -0.523. The van der Waals surface area contributed by atoms with Crippen LogP contribution in [-0.2, 0) is 19.1 Å². The van der Waals surface area contributed by atoms with E-state index >= 15 is 0 Å². The monoisotopic (exact) mass is 578 g/mol. The third-order valence-corrected chi connectivity index (χ3v) is 14.1. The van der Waals surface area contributed by atoms with Crippen molar-refractivity contribution < 1.29 is 19.1 Å². The van der Waals surface area contributed by atoms with Crippen molar-refractivity contribution in [2.24, 2.45) is 0 Å². The molecule has 1 atom stereocenters. The molecule has 5 rings (SSSR count). The molecule has 3 aliphatic heterocycles. The second-order valence-corrected chi connectivity index (χ2v) is 14.7. The van der Waals surface area contributed by atoms with Crippen molar-refractivity contribution in [3.63, 3.8) is 0 Å². The van der Waals surface area contributed by atoms with Crippen molar-refractivity contribution in [1.82, 2.24) is 9.97 Å². The van der Waals surface area contributed by atoms with E-state index in [9.17, 15) is 9.59 Å². The first-order valence-corrected chi connectivity index (χ1v) is 15.4. The van der Waals surface area contributed by atoms with Gasteiger partial charge in [-0.05, 0) is 42.3 Å². The van der Waals surface area contributed by atoms with Crippen molar-refractivity contribution in [2.45, 2.75) is 12.2 Å². The van der Waals surface area contributed by atoms with Crippen LogP contribution < -0.4 is 0 Å². The van der Waals surface area contributed by atoms with Gasteiger partial charge < -0.3 is 9.47 Å². The lowest BCUT2D eigenvalue weighted by Crippen LogP contribution is -2.08. The topological polar surface area (TPSA) is 78.4 Å². The minimum absolute atomic E-state index is 0.283. The predicted octanol–water partition coefficient (Wildman–Crippen LogP) is 6.74. The highest BCUT2D eigenvalue weighted by molar-refractivity contribution is 8.43. The summed E-state index contributed by atoms with van der Waals surface area (Å²) in [6.07, 6.45) is 3.67. The van der Waals surface area contributed by atoms with Crippen LogP contribution in [0.5, 0.6) is 0 Å². The summed E-state index contributed by atoms with van der Waals surface area (Å²) in [4.78, 5) is 34.0. The van der Waals surface area contributed by atoms with Gasteiger partial charge in [-0.15, -0.1) is 23.5 Å². The molecule has 12 heteroatoms. The number of carbonyl (C=O) groups is 2. The Kier molecular flexibility index (Phi) is 7.85. The van der Waals surface area contributed by atoms with Gasteiger partial charge in [0.2, 0.25) is 0 Å². The largest absolute Gasteiger partial charge is 0.465 e. The van der Waals surface area contributed by atoms with E-state index in [1.807, 2.05) is 48.1 Å². The molecular formula is C23H18N2O4S6. The molecule has 2 aromatic rings. The maximum Gasteiger partial charge on any atom is 0.346 e. The van der Waals surface area contributed by atoms with E-state index < -0.39 is 11.9 Å². The first kappa shape index (κ1) is 25.2. The van der Waals surface area contributed by atoms with Gasteiger partial charge >= 0.3 is 11.9 Å². The normalized spacial score (nSPS) is 19.8. The summed E-state index contributed by atoms with van der Waals surface area (Å²) in [7, 11) is 2.62. The van der Waals surface area contributed by atoms with Crippen LogP contribution in [0.2, 0.25) is 0 Å². The molecule has 0 radical (unpaired) electrons. The van der Waals surface area contributed by atoms with E-state index in [1.165, 1.54) is 51.8 Å². The second kappa shape index (κ2) is 10.9. The van der Waals surface area contributed by atoms with E-state index in [4.69, 9.17) is 9.47 Å². The fraction of sp³-hybridized carbons (Fsp3) is 0.217. The summed E-state index contributed by atoms with van der Waals surface area (Å²) in [5.41, 5.74) is 4.13. The highest BCUT2D eigenvalue weighted by Gasteiger charge is 2.38. The van der Waals surface area contributed by atoms with E-state index in [0.717, 1.165) is 31.2 Å². The maximum absolute atomic E-state index is 12.2. The number of thioether (sulfide) groups is 6. The van der Waals surface area contributed by atoms with Crippen LogP contribution in [-0.4, -0.2) is 41.9 Å². The lowest BCUT2D eigenvalue weighted by molar-refractivity contribution is -0.138. The molecule has 0 saturated heterocycles. The molecule has 0 aromatic carbocycles. The lowest BCUT2D eigenvalue weighted by atomic mass is 10.1. The van der Waals surface area contributed by atoms with E-state index in [1.54, 1.807) is 23.5 Å². The number of pyridine rings is 2. The lowest BCUT2D eigenvalue weighted by Gasteiger charge is -2.22. The van der Waals surface area contributed by atoms with Gasteiger partial charge in [-0.1, -0.05) is 47.0 Å². The van der Waals surface area contributed by atoms with E-state index in [-0.39, 0.29) is 9.81 Å². The average molecular weight is 579 g/mol. The van der Waals surface area contributed by atoms with Crippen LogP contribution in [0, 0.1) is 6.92 Å². The number of hydrogen-bond acceptors (Lipinski definition) is 12. The molecule has 0 saturated carbocycles. The number of methoxy groups -OCH3 is 2. The van der Waals surface area contributed by atoms with Crippen molar-refractivity contribution in [3.05, 3.63) is 74.5 Å². The third-order valence-electron chi connectivity index (χ3n) is 4.99. The van der Waals surface area contributed by atoms with Crippen molar-refractivity contribution in [3.8, 4) is 11.4 Å². The molecule has 3 aliphatic rings. The van der Waals surface area contributed by atoms with Gasteiger partial charge in [-0.25, -0.2) is 9.59 Å². The Morgan fingerprint density at radius 1 is 0.829 bits per heavy atom. The number of rotatable bonds is 4. The van der Waals surface area contributed by atoms with Gasteiger partial charge in [0.25, 0.3) is 0 Å². The quantitative estimate of drug-likeness (QED) is 0.360. The molecule has 0 bridgehead atoms. The smallest absolute Gasteiger partial charge is 0.346 e. The van der Waals surface area contributed by atoms with Gasteiger partial charge in [-0.3, -0.25) is 9.97 Å². The van der Waals surface area contributed by atoms with Crippen molar-refractivity contribution in [2.75, 3.05) is 20.0 Å². The Balaban J connectivity index is 1.33. The summed E-state index contributed by atoms with van der Waals surface area (Å²) < 4.78 is 14.2. The first-order valence-electron chi connectivity index (χ1n) is 10.3. The summed E-state index contributed by atoms with van der Waals surface area (Å²) in [6, 6.07) is 8.24. The Morgan fingerprint density at radius 3 is 2.09 bits per heavy atom. The molecule has 1 unspecified atom stereocenters. The summed E-state index contributed by atoms with van der Waals surface area (Å²) in [5, 5.41) is 0.293. The van der Waals surface area contributed by atoms with E-state index in [2.05, 4.69) is 29.0 Å². The summed E-state index contributed by atoms with van der Waals surface area (Å²) >= 11 is 9.66. The second-order valence-electron chi connectivity index (χ2n) is 7.31. The fourth-order valence-electron chi connectivity index (χ4n) is 3.30. The molecule has 0 fully saturated rings. The van der Waals surface area contributed by atoms with Crippen LogP contribution in [0.4, 0.5) is 0 Å². The van der Waals surface area contributed by atoms with Crippen LogP contribution in [0.25, 0.3) is 11.4 Å². The van der Waals surface area contributed by atoms with Crippen LogP contribution in [0.3, 0.4) is 0 Å². The number of aromatic nitrogens is 2. The maximum atomic E-state index is 12.2. The molecule has 2 aromatic heterocycles. The average Bonchev–Trinajstić information content (AvgIpc) is 3.52. The highest BCUT2D eigenvalue weighted by atomic mass is 32.3. The Hall–Kier alpha value is -1.44.